The smallest absolute Gasteiger partial charge is 0.126 e. The summed E-state index contributed by atoms with van der Waals surface area (Å²) in [6.45, 7) is 1.28. The van der Waals surface area contributed by atoms with Gasteiger partial charge in [-0.15, -0.1) is 12.3 Å². The fourth-order valence-electron chi connectivity index (χ4n) is 1.01. The number of nitrogens with one attached hydrogen (secondary N) is 1. The predicted octanol–water partition coefficient (Wildman–Crippen LogP) is 0.567. The minimum Gasteiger partial charge on any atom is -0.314 e. The molecular formula is C7H10FN. The molecule has 0 aromatic carbocycles. The largest absolute Gasteiger partial charge is 0.314 e. The third-order valence-corrected chi connectivity index (χ3v) is 1.62. The lowest BCUT2D eigenvalue weighted by atomic mass is 9.98. The zero-order valence-electron chi connectivity index (χ0n) is 5.23. The van der Waals surface area contributed by atoms with E-state index in [1.165, 1.54) is 0 Å². The molecule has 0 aliphatic carbocycles. The Balaban J connectivity index is 2.41. The number of terminal acetylenes is 1. The van der Waals surface area contributed by atoms with Crippen LogP contribution in [-0.4, -0.2) is 19.3 Å². The predicted molar refractivity (Wildman–Crippen MR) is 34.7 cm³/mol. The molecule has 0 amide bonds. The molecule has 2 heteroatoms. The van der Waals surface area contributed by atoms with Crippen molar-refractivity contribution < 1.29 is 4.39 Å². The minimum atomic E-state index is -0.830. The Morgan fingerprint density at radius 2 is 2.44 bits per heavy atom. The Bertz CT molecular complexity index is 127. The van der Waals surface area contributed by atoms with Crippen molar-refractivity contribution >= 4 is 0 Å². The summed E-state index contributed by atoms with van der Waals surface area (Å²) in [6, 6.07) is 0. The van der Waals surface area contributed by atoms with Crippen molar-refractivity contribution in [1.29, 1.82) is 0 Å². The fourth-order valence-corrected chi connectivity index (χ4v) is 1.01. The number of hydrogen-bond donors (Lipinski definition) is 1. The van der Waals surface area contributed by atoms with Crippen LogP contribution in [-0.2, 0) is 0 Å². The molecule has 1 aliphatic rings. The number of rotatable bonds is 0. The molecule has 0 saturated carbocycles. The van der Waals surface area contributed by atoms with E-state index in [0.29, 0.717) is 6.54 Å². The Hall–Kier alpha value is -0.550. The first-order chi connectivity index (χ1) is 4.34. The van der Waals surface area contributed by atoms with Gasteiger partial charge in [0, 0.05) is 6.54 Å². The van der Waals surface area contributed by atoms with Crippen LogP contribution in [0, 0.1) is 18.3 Å². The van der Waals surface area contributed by atoms with Gasteiger partial charge in [0.25, 0.3) is 0 Å². The standard InChI is InChI=1S/C7H10FN/c1-2-6-3-4-9-5-7(6)8/h1,6-7,9H,3-5H2/t6-,7+/m1/s1. The molecule has 1 heterocycles. The lowest BCUT2D eigenvalue weighted by molar-refractivity contribution is 0.220. The molecule has 0 aromatic heterocycles. The van der Waals surface area contributed by atoms with Gasteiger partial charge in [-0.05, 0) is 13.0 Å². The van der Waals surface area contributed by atoms with Crippen LogP contribution in [0.4, 0.5) is 4.39 Å². The number of hydrogen-bond acceptors (Lipinski definition) is 1. The third kappa shape index (κ3) is 1.43. The van der Waals surface area contributed by atoms with E-state index in [0.717, 1.165) is 13.0 Å². The number of piperidine rings is 1. The van der Waals surface area contributed by atoms with Gasteiger partial charge in [0.05, 0.1) is 5.92 Å². The van der Waals surface area contributed by atoms with E-state index < -0.39 is 6.17 Å². The molecule has 1 N–H and O–H groups in total. The summed E-state index contributed by atoms with van der Waals surface area (Å²) in [4.78, 5) is 0. The SMILES string of the molecule is C#C[C@@H]1CCNC[C@@H]1F. The second-order valence-corrected chi connectivity index (χ2v) is 2.28. The molecule has 1 fully saturated rings. The van der Waals surface area contributed by atoms with Gasteiger partial charge in [-0.2, -0.15) is 0 Å². The van der Waals surface area contributed by atoms with Crippen molar-refractivity contribution in [1.82, 2.24) is 5.32 Å². The second-order valence-electron chi connectivity index (χ2n) is 2.28. The molecular weight excluding hydrogens is 117 g/mol. The molecule has 1 nitrogen and oxygen atoms in total. The summed E-state index contributed by atoms with van der Waals surface area (Å²) in [5.74, 6) is 2.29. The lowest BCUT2D eigenvalue weighted by Crippen LogP contribution is -2.37. The maximum absolute atomic E-state index is 12.6. The normalized spacial score (nSPS) is 35.6. The molecule has 50 valence electrons. The summed E-state index contributed by atoms with van der Waals surface area (Å²) in [7, 11) is 0. The topological polar surface area (TPSA) is 12.0 Å². The van der Waals surface area contributed by atoms with Crippen molar-refractivity contribution in [2.45, 2.75) is 12.6 Å². The Labute approximate surface area is 54.6 Å². The second kappa shape index (κ2) is 2.84. The Morgan fingerprint density at radius 1 is 1.67 bits per heavy atom. The molecule has 0 bridgehead atoms. The van der Waals surface area contributed by atoms with Crippen LogP contribution in [0.25, 0.3) is 0 Å². The first kappa shape index (κ1) is 6.57. The van der Waals surface area contributed by atoms with Gasteiger partial charge in [0.15, 0.2) is 0 Å². The van der Waals surface area contributed by atoms with Gasteiger partial charge < -0.3 is 5.32 Å². The first-order valence-electron chi connectivity index (χ1n) is 3.15. The van der Waals surface area contributed by atoms with Crippen molar-refractivity contribution in [3.63, 3.8) is 0 Å². The average molecular weight is 127 g/mol. The van der Waals surface area contributed by atoms with Crippen LogP contribution >= 0.6 is 0 Å². The van der Waals surface area contributed by atoms with Crippen molar-refractivity contribution in [3.8, 4) is 12.3 Å². The highest BCUT2D eigenvalue weighted by Gasteiger charge is 2.21. The van der Waals surface area contributed by atoms with E-state index in [4.69, 9.17) is 6.42 Å². The number of halogens is 1. The molecule has 1 saturated heterocycles. The minimum absolute atomic E-state index is 0.147. The highest BCUT2D eigenvalue weighted by Crippen LogP contribution is 2.13. The maximum atomic E-state index is 12.6. The van der Waals surface area contributed by atoms with Gasteiger partial charge in [-0.25, -0.2) is 4.39 Å². The summed E-state index contributed by atoms with van der Waals surface area (Å²) >= 11 is 0. The fraction of sp³-hybridized carbons (Fsp3) is 0.714. The zero-order valence-corrected chi connectivity index (χ0v) is 5.23. The van der Waals surface area contributed by atoms with E-state index >= 15 is 0 Å². The first-order valence-corrected chi connectivity index (χ1v) is 3.15. The van der Waals surface area contributed by atoms with Gasteiger partial charge in [0.1, 0.15) is 6.17 Å². The monoisotopic (exact) mass is 127 g/mol. The van der Waals surface area contributed by atoms with Crippen LogP contribution in [0.1, 0.15) is 6.42 Å². The van der Waals surface area contributed by atoms with Crippen LogP contribution in [0.2, 0.25) is 0 Å². The molecule has 0 radical (unpaired) electrons. The van der Waals surface area contributed by atoms with E-state index in [1.807, 2.05) is 0 Å². The summed E-state index contributed by atoms with van der Waals surface area (Å²) in [5, 5.41) is 2.93. The van der Waals surface area contributed by atoms with Gasteiger partial charge >= 0.3 is 0 Å². The molecule has 0 spiro atoms. The van der Waals surface area contributed by atoms with Crippen LogP contribution in [0.3, 0.4) is 0 Å². The van der Waals surface area contributed by atoms with Gasteiger partial charge in [-0.3, -0.25) is 0 Å². The third-order valence-electron chi connectivity index (χ3n) is 1.62. The van der Waals surface area contributed by atoms with Crippen molar-refractivity contribution in [2.75, 3.05) is 13.1 Å². The summed E-state index contributed by atoms with van der Waals surface area (Å²) < 4.78 is 12.6. The molecule has 1 aliphatic heterocycles. The molecule has 9 heavy (non-hydrogen) atoms. The van der Waals surface area contributed by atoms with Crippen LogP contribution in [0.5, 0.6) is 0 Å². The van der Waals surface area contributed by atoms with Gasteiger partial charge in [-0.1, -0.05) is 0 Å². The van der Waals surface area contributed by atoms with Crippen molar-refractivity contribution in [3.05, 3.63) is 0 Å². The zero-order chi connectivity index (χ0) is 6.69. The summed E-state index contributed by atoms with van der Waals surface area (Å²) in [5.41, 5.74) is 0. The number of alkyl halides is 1. The van der Waals surface area contributed by atoms with Crippen LogP contribution in [0.15, 0.2) is 0 Å². The van der Waals surface area contributed by atoms with E-state index in [2.05, 4.69) is 11.2 Å². The molecule has 2 atom stereocenters. The molecule has 0 unspecified atom stereocenters. The quantitative estimate of drug-likeness (QED) is 0.469. The summed E-state index contributed by atoms with van der Waals surface area (Å²) in [6.07, 6.45) is 5.02. The Kier molecular flexibility index (Phi) is 2.07. The molecule has 1 rings (SSSR count). The van der Waals surface area contributed by atoms with Crippen molar-refractivity contribution in [2.24, 2.45) is 5.92 Å². The van der Waals surface area contributed by atoms with E-state index in [9.17, 15) is 4.39 Å². The van der Waals surface area contributed by atoms with E-state index in [-0.39, 0.29) is 5.92 Å². The lowest BCUT2D eigenvalue weighted by Gasteiger charge is -2.21. The maximum Gasteiger partial charge on any atom is 0.126 e. The highest BCUT2D eigenvalue weighted by atomic mass is 19.1. The highest BCUT2D eigenvalue weighted by molar-refractivity contribution is 4.99. The van der Waals surface area contributed by atoms with Gasteiger partial charge in [0.2, 0.25) is 0 Å². The average Bonchev–Trinajstić information content (AvgIpc) is 1.89. The Morgan fingerprint density at radius 3 is 2.89 bits per heavy atom. The molecule has 0 aromatic rings. The van der Waals surface area contributed by atoms with Crippen LogP contribution < -0.4 is 5.32 Å². The van der Waals surface area contributed by atoms with E-state index in [1.54, 1.807) is 0 Å².